The van der Waals surface area contributed by atoms with E-state index in [0.717, 1.165) is 60.7 Å². The molecule has 0 saturated heterocycles. The summed E-state index contributed by atoms with van der Waals surface area (Å²) in [5.74, 6) is -12.6. The third-order valence-corrected chi connectivity index (χ3v) is 12.2. The summed E-state index contributed by atoms with van der Waals surface area (Å²) in [6, 6.07) is 14.8. The van der Waals surface area contributed by atoms with Crippen LogP contribution in [0.4, 0.5) is 0 Å². The Hall–Kier alpha value is -7.80. The van der Waals surface area contributed by atoms with Gasteiger partial charge >= 0.3 is 5.79 Å². The quantitative estimate of drug-likeness (QED) is 0.110. The predicted molar refractivity (Wildman–Crippen MR) is 212 cm³/mol. The molecule has 8 atom stereocenters. The van der Waals surface area contributed by atoms with E-state index in [1.54, 1.807) is 0 Å². The van der Waals surface area contributed by atoms with Crippen molar-refractivity contribution in [3.8, 4) is 86.2 Å². The number of aliphatic hydroxyl groups excluding tert-OH is 3. The first-order valence-corrected chi connectivity index (χ1v) is 19.3. The molecule has 324 valence electrons. The average Bonchev–Trinajstić information content (AvgIpc) is 3.22. The van der Waals surface area contributed by atoms with Gasteiger partial charge in [-0.1, -0.05) is 12.1 Å². The van der Waals surface area contributed by atoms with Crippen LogP contribution in [-0.2, 0) is 12.2 Å². The molecule has 2 bridgehead atoms. The van der Waals surface area contributed by atoms with E-state index in [4.69, 9.17) is 18.9 Å². The van der Waals surface area contributed by atoms with E-state index in [9.17, 15) is 71.5 Å². The molecule has 0 fully saturated rings. The summed E-state index contributed by atoms with van der Waals surface area (Å²) in [4.78, 5) is 0. The maximum absolute atomic E-state index is 12.5. The number of fused-ring (bicyclic) bond motifs is 9. The van der Waals surface area contributed by atoms with Gasteiger partial charge in [0.25, 0.3) is 0 Å². The normalized spacial score (nSPS) is 25.2. The van der Waals surface area contributed by atoms with E-state index in [0.29, 0.717) is 0 Å². The third-order valence-electron chi connectivity index (χ3n) is 12.2. The second-order valence-electron chi connectivity index (χ2n) is 15.9. The van der Waals surface area contributed by atoms with Crippen molar-refractivity contribution in [3.05, 3.63) is 123 Å². The molecule has 18 heteroatoms. The summed E-state index contributed by atoms with van der Waals surface area (Å²) in [6.07, 6.45) is -8.29. The Bertz CT molecular complexity index is 2910. The number of phenolic OH excluding ortho intramolecular Hbond substituents is 11. The zero-order valence-corrected chi connectivity index (χ0v) is 32.1. The fourth-order valence-electron chi connectivity index (χ4n) is 9.32. The minimum Gasteiger partial charge on any atom is -0.508 e. The molecule has 6 aromatic rings. The van der Waals surface area contributed by atoms with Crippen molar-refractivity contribution in [2.75, 3.05) is 0 Å². The van der Waals surface area contributed by atoms with E-state index in [1.165, 1.54) is 18.2 Å². The van der Waals surface area contributed by atoms with Crippen molar-refractivity contribution in [2.45, 2.75) is 54.6 Å². The molecule has 63 heavy (non-hydrogen) atoms. The molecule has 3 unspecified atom stereocenters. The van der Waals surface area contributed by atoms with Gasteiger partial charge in [0.15, 0.2) is 40.6 Å². The predicted octanol–water partition coefficient (Wildman–Crippen LogP) is 4.24. The smallest absolute Gasteiger partial charge is 0.305 e. The van der Waals surface area contributed by atoms with Gasteiger partial charge in [0, 0.05) is 64.1 Å². The monoisotopic (exact) mass is 864 g/mol. The summed E-state index contributed by atoms with van der Waals surface area (Å²) in [7, 11) is 0. The lowest BCUT2D eigenvalue weighted by molar-refractivity contribution is -0.219. The molecule has 4 aliphatic rings. The minimum absolute atomic E-state index is 0.0325. The zero-order chi connectivity index (χ0) is 44.5. The number of aromatic hydroxyl groups is 11. The molecule has 4 heterocycles. The van der Waals surface area contributed by atoms with Gasteiger partial charge in [0.1, 0.15) is 70.1 Å². The minimum atomic E-state index is -2.31. The van der Waals surface area contributed by atoms with Crippen molar-refractivity contribution in [1.82, 2.24) is 0 Å². The summed E-state index contributed by atoms with van der Waals surface area (Å²) < 4.78 is 25.6. The molecule has 10 rings (SSSR count). The highest BCUT2D eigenvalue weighted by Gasteiger charge is 2.61. The number of ether oxygens (including phenoxy) is 4. The lowest BCUT2D eigenvalue weighted by Gasteiger charge is -2.51. The molecule has 4 aliphatic heterocycles. The zero-order valence-electron chi connectivity index (χ0n) is 32.1. The molecular formula is C45H36O18. The average molecular weight is 865 g/mol. The van der Waals surface area contributed by atoms with Gasteiger partial charge in [-0.15, -0.1) is 0 Å². The molecule has 0 saturated carbocycles. The molecule has 18 nitrogen and oxygen atoms in total. The van der Waals surface area contributed by atoms with E-state index in [1.807, 2.05) is 0 Å². The van der Waals surface area contributed by atoms with Crippen molar-refractivity contribution in [3.63, 3.8) is 0 Å². The lowest BCUT2D eigenvalue weighted by Crippen LogP contribution is -2.57. The first-order valence-electron chi connectivity index (χ1n) is 19.3. The Morgan fingerprint density at radius 3 is 1.62 bits per heavy atom. The number of benzene rings is 6. The van der Waals surface area contributed by atoms with Gasteiger partial charge in [0.05, 0.1) is 17.9 Å². The molecule has 0 aliphatic carbocycles. The summed E-state index contributed by atoms with van der Waals surface area (Å²) in [5.41, 5.74) is -0.583. The van der Waals surface area contributed by atoms with Crippen molar-refractivity contribution >= 4 is 0 Å². The number of rotatable bonds is 4. The van der Waals surface area contributed by atoms with E-state index < -0.39 is 111 Å². The van der Waals surface area contributed by atoms with Crippen LogP contribution in [0.5, 0.6) is 86.2 Å². The Balaban J connectivity index is 1.25. The number of phenols is 11. The standard InChI is InChI=1S/C45H36O18/c46-18-10-27(54)33-31(11-18)62-45(17-3-6-22(49)26(53)9-17)44(59)38(33)36-32(63-45)14-29(56)35-37(39(58)41(61-43(35)36)16-2-5-21(48)25(52)8-16)34-28(55)13-23(50)19-12-30(57)40(60-42(19)34)15-1-4-20(47)24(51)7-15/h1-11,13-14,30,37-41,44,46-59H,12H2/t30?,37?,38-,39?,40+,41+,44-,45+/m1/s1. The molecule has 0 spiro atoms. The van der Waals surface area contributed by atoms with Crippen molar-refractivity contribution < 1.29 is 90.4 Å². The van der Waals surface area contributed by atoms with Crippen LogP contribution in [0.2, 0.25) is 0 Å². The summed E-state index contributed by atoms with van der Waals surface area (Å²) >= 11 is 0. The van der Waals surface area contributed by atoms with Gasteiger partial charge < -0.3 is 90.4 Å². The molecule has 14 N–H and O–H groups in total. The summed E-state index contributed by atoms with van der Waals surface area (Å²) in [5, 5.41) is 155. The first-order chi connectivity index (χ1) is 30.0. The Morgan fingerprint density at radius 1 is 0.444 bits per heavy atom. The highest BCUT2D eigenvalue weighted by molar-refractivity contribution is 5.72. The Morgan fingerprint density at radius 2 is 0.984 bits per heavy atom. The third kappa shape index (κ3) is 5.68. The maximum atomic E-state index is 12.5. The van der Waals surface area contributed by atoms with Gasteiger partial charge in [-0.3, -0.25) is 0 Å². The lowest BCUT2D eigenvalue weighted by atomic mass is 9.71. The van der Waals surface area contributed by atoms with Crippen LogP contribution >= 0.6 is 0 Å². The SMILES string of the molecule is Oc1cc(O)c2c(c1)O[C@@]1(c3ccc(O)c(O)c3)Oc3cc(O)c4c(c3[C@@H]2[C@H]1O)O[C@@H](c1ccc(O)c(O)c1)C(O)C4c1c(O)cc(O)c2c1O[C@@H](c1ccc(O)c(O)c1)C(O)C2. The maximum Gasteiger partial charge on any atom is 0.305 e. The van der Waals surface area contributed by atoms with Gasteiger partial charge in [-0.25, -0.2) is 0 Å². The van der Waals surface area contributed by atoms with Crippen LogP contribution in [-0.4, -0.2) is 89.8 Å². The molecule has 0 aromatic heterocycles. The Labute approximate surface area is 354 Å². The first kappa shape index (κ1) is 39.3. The Kier molecular flexibility index (Phi) is 8.49. The topological polar surface area (TPSA) is 320 Å². The van der Waals surface area contributed by atoms with Crippen LogP contribution < -0.4 is 18.9 Å². The number of hydrogen-bond donors (Lipinski definition) is 14. The van der Waals surface area contributed by atoms with Gasteiger partial charge in [-0.05, 0) is 53.6 Å². The van der Waals surface area contributed by atoms with E-state index in [2.05, 4.69) is 0 Å². The molecule has 6 aromatic carbocycles. The van der Waals surface area contributed by atoms with Crippen LogP contribution in [0.25, 0.3) is 0 Å². The van der Waals surface area contributed by atoms with Crippen LogP contribution in [0.3, 0.4) is 0 Å². The van der Waals surface area contributed by atoms with Crippen LogP contribution in [0.15, 0.2) is 78.9 Å². The molecular weight excluding hydrogens is 828 g/mol. The van der Waals surface area contributed by atoms with Crippen molar-refractivity contribution in [2.24, 2.45) is 0 Å². The highest BCUT2D eigenvalue weighted by Crippen LogP contribution is 2.65. The van der Waals surface area contributed by atoms with E-state index >= 15 is 0 Å². The van der Waals surface area contributed by atoms with Gasteiger partial charge in [0.2, 0.25) is 0 Å². The van der Waals surface area contributed by atoms with Gasteiger partial charge in [-0.2, -0.15) is 0 Å². The fraction of sp³-hybridized carbons (Fsp3) is 0.200. The van der Waals surface area contributed by atoms with Crippen LogP contribution in [0, 0.1) is 0 Å². The molecule has 0 radical (unpaired) electrons. The second-order valence-corrected chi connectivity index (χ2v) is 15.9. The molecule has 0 amide bonds. The second kappa shape index (κ2) is 13.6. The fourth-order valence-corrected chi connectivity index (χ4v) is 9.32. The largest absolute Gasteiger partial charge is 0.508 e. The van der Waals surface area contributed by atoms with Crippen LogP contribution in [0.1, 0.15) is 68.6 Å². The number of aliphatic hydroxyl groups is 3. The summed E-state index contributed by atoms with van der Waals surface area (Å²) in [6.45, 7) is 0. The van der Waals surface area contributed by atoms with E-state index in [-0.39, 0.29) is 73.9 Å². The van der Waals surface area contributed by atoms with Crippen molar-refractivity contribution in [1.29, 1.82) is 0 Å². The highest BCUT2D eigenvalue weighted by atomic mass is 16.7. The number of hydrogen-bond acceptors (Lipinski definition) is 18.